The van der Waals surface area contributed by atoms with E-state index in [1.807, 2.05) is 0 Å². The molecule has 0 saturated heterocycles. The topological polar surface area (TPSA) is 44.8 Å². The highest BCUT2D eigenvalue weighted by Crippen LogP contribution is 2.51. The molecule has 0 radical (unpaired) electrons. The standard InChI is InChI=1S/C6H13BrFO4P/c1-2-3-4-5-6-10-13(9,11-7)12-8/h2-6H2,1H3. The summed E-state index contributed by atoms with van der Waals surface area (Å²) in [5.41, 5.74) is 0. The Morgan fingerprint density at radius 1 is 1.38 bits per heavy atom. The summed E-state index contributed by atoms with van der Waals surface area (Å²) in [4.78, 5) is 0. The van der Waals surface area contributed by atoms with Gasteiger partial charge in [-0.2, -0.15) is 0 Å². The van der Waals surface area contributed by atoms with Gasteiger partial charge < -0.3 is 0 Å². The highest BCUT2D eigenvalue weighted by molar-refractivity contribution is 9.06. The van der Waals surface area contributed by atoms with Gasteiger partial charge in [0, 0.05) is 0 Å². The van der Waals surface area contributed by atoms with Gasteiger partial charge in [-0.1, -0.05) is 30.9 Å². The lowest BCUT2D eigenvalue weighted by Gasteiger charge is -2.08. The van der Waals surface area contributed by atoms with Crippen LogP contribution in [0.5, 0.6) is 0 Å². The lowest BCUT2D eigenvalue weighted by Crippen LogP contribution is -1.93. The Bertz CT molecular complexity index is 161. The van der Waals surface area contributed by atoms with Gasteiger partial charge in [0.1, 0.15) is 16.3 Å². The highest BCUT2D eigenvalue weighted by atomic mass is 79.9. The van der Waals surface area contributed by atoms with Crippen molar-refractivity contribution in [3.8, 4) is 0 Å². The van der Waals surface area contributed by atoms with Crippen LogP contribution >= 0.6 is 24.1 Å². The summed E-state index contributed by atoms with van der Waals surface area (Å²) in [5, 5.41) is 0. The first-order valence-corrected chi connectivity index (χ1v) is 6.14. The molecule has 0 aliphatic carbocycles. The number of hydrogen-bond acceptors (Lipinski definition) is 4. The lowest BCUT2D eigenvalue weighted by atomic mass is 10.2. The average molecular weight is 279 g/mol. The second-order valence-electron chi connectivity index (χ2n) is 2.48. The molecule has 0 aromatic carbocycles. The van der Waals surface area contributed by atoms with Crippen LogP contribution in [0.3, 0.4) is 0 Å². The first-order valence-electron chi connectivity index (χ1n) is 4.03. The van der Waals surface area contributed by atoms with Gasteiger partial charge in [0.2, 0.25) is 0 Å². The van der Waals surface area contributed by atoms with E-state index in [-0.39, 0.29) is 6.61 Å². The zero-order chi connectivity index (χ0) is 10.2. The van der Waals surface area contributed by atoms with Crippen LogP contribution in [0.15, 0.2) is 0 Å². The summed E-state index contributed by atoms with van der Waals surface area (Å²) in [5.74, 6) is 0. The van der Waals surface area contributed by atoms with Crippen LogP contribution in [0.2, 0.25) is 0 Å². The maximum absolute atomic E-state index is 11.6. The fourth-order valence-corrected chi connectivity index (χ4v) is 1.59. The van der Waals surface area contributed by atoms with Crippen LogP contribution in [0, 0.1) is 0 Å². The van der Waals surface area contributed by atoms with E-state index >= 15 is 0 Å². The Balaban J connectivity index is 3.45. The summed E-state index contributed by atoms with van der Waals surface area (Å²) in [6, 6.07) is 0. The van der Waals surface area contributed by atoms with Gasteiger partial charge in [-0.25, -0.2) is 8.18 Å². The van der Waals surface area contributed by atoms with E-state index in [0.717, 1.165) is 19.3 Å². The molecule has 0 rings (SSSR count). The average Bonchev–Trinajstić information content (AvgIpc) is 2.17. The minimum atomic E-state index is -3.98. The zero-order valence-corrected chi connectivity index (χ0v) is 9.85. The summed E-state index contributed by atoms with van der Waals surface area (Å²) < 4.78 is 34.1. The van der Waals surface area contributed by atoms with E-state index in [4.69, 9.17) is 0 Å². The molecule has 0 saturated carbocycles. The molecular weight excluding hydrogens is 266 g/mol. The van der Waals surface area contributed by atoms with Gasteiger partial charge in [0.05, 0.1) is 6.61 Å². The zero-order valence-electron chi connectivity index (χ0n) is 7.37. The molecule has 7 heteroatoms. The van der Waals surface area contributed by atoms with Crippen LogP contribution < -0.4 is 0 Å². The molecule has 0 aromatic heterocycles. The molecule has 0 fully saturated rings. The fourth-order valence-electron chi connectivity index (χ4n) is 0.756. The molecule has 0 amide bonds. The summed E-state index contributed by atoms with van der Waals surface area (Å²) in [6.45, 7) is 2.23. The molecule has 0 heterocycles. The van der Waals surface area contributed by atoms with Crippen molar-refractivity contribution in [3.63, 3.8) is 0 Å². The summed E-state index contributed by atoms with van der Waals surface area (Å²) in [6.07, 6.45) is 3.81. The van der Waals surface area contributed by atoms with Gasteiger partial charge in [0.25, 0.3) is 0 Å². The molecular formula is C6H13BrFO4P. The number of hydrogen-bond donors (Lipinski definition) is 0. The molecule has 1 atom stereocenters. The van der Waals surface area contributed by atoms with Gasteiger partial charge >= 0.3 is 7.82 Å². The second kappa shape index (κ2) is 7.88. The lowest BCUT2D eigenvalue weighted by molar-refractivity contribution is -0.0425. The van der Waals surface area contributed by atoms with E-state index in [1.165, 1.54) is 0 Å². The van der Waals surface area contributed by atoms with E-state index in [1.54, 1.807) is 0 Å². The first-order chi connectivity index (χ1) is 6.18. The van der Waals surface area contributed by atoms with Crippen LogP contribution in [0.25, 0.3) is 0 Å². The Morgan fingerprint density at radius 3 is 2.54 bits per heavy atom. The molecule has 80 valence electrons. The predicted octanol–water partition coefficient (Wildman–Crippen LogP) is 3.92. The Hall–Kier alpha value is 0.520. The Labute approximate surface area is 85.7 Å². The molecule has 0 N–H and O–H groups in total. The quantitative estimate of drug-likeness (QED) is 0.499. The molecule has 13 heavy (non-hydrogen) atoms. The van der Waals surface area contributed by atoms with E-state index in [9.17, 15) is 9.09 Å². The van der Waals surface area contributed by atoms with Gasteiger partial charge in [-0.05, 0) is 10.9 Å². The second-order valence-corrected chi connectivity index (χ2v) is 4.78. The molecule has 1 unspecified atom stereocenters. The van der Waals surface area contributed by atoms with E-state index in [0.29, 0.717) is 6.42 Å². The van der Waals surface area contributed by atoms with Crippen molar-refractivity contribution in [3.05, 3.63) is 0 Å². The predicted molar refractivity (Wildman–Crippen MR) is 49.9 cm³/mol. The van der Waals surface area contributed by atoms with Crippen LogP contribution in [-0.2, 0) is 17.4 Å². The minimum absolute atomic E-state index is 0.160. The van der Waals surface area contributed by atoms with Gasteiger partial charge in [0.15, 0.2) is 0 Å². The Morgan fingerprint density at radius 2 is 2.08 bits per heavy atom. The highest BCUT2D eigenvalue weighted by Gasteiger charge is 2.27. The Kier molecular flexibility index (Phi) is 8.20. The third-order valence-electron chi connectivity index (χ3n) is 1.42. The maximum Gasteiger partial charge on any atom is 0.517 e. The number of rotatable bonds is 8. The van der Waals surface area contributed by atoms with Crippen molar-refractivity contribution in [1.82, 2.24) is 0 Å². The third kappa shape index (κ3) is 6.57. The minimum Gasteiger partial charge on any atom is -0.285 e. The largest absolute Gasteiger partial charge is 0.517 e. The third-order valence-corrected chi connectivity index (χ3v) is 3.32. The number of halogens is 2. The first kappa shape index (κ1) is 13.5. The van der Waals surface area contributed by atoms with Crippen LogP contribution in [0.4, 0.5) is 4.53 Å². The van der Waals surface area contributed by atoms with Crippen LogP contribution in [-0.4, -0.2) is 6.61 Å². The molecule has 0 spiro atoms. The SMILES string of the molecule is CCCCCCOP(=O)(OF)OBr. The number of phosphoric acid groups is 1. The summed E-state index contributed by atoms with van der Waals surface area (Å²) in [7, 11) is -3.98. The van der Waals surface area contributed by atoms with Crippen molar-refractivity contribution in [1.29, 1.82) is 0 Å². The van der Waals surface area contributed by atoms with Crippen molar-refractivity contribution in [2.75, 3.05) is 6.61 Å². The van der Waals surface area contributed by atoms with Gasteiger partial charge in [-0.15, -0.1) is 0 Å². The molecule has 0 aliphatic rings. The van der Waals surface area contributed by atoms with E-state index in [2.05, 4.69) is 36.0 Å². The monoisotopic (exact) mass is 278 g/mol. The van der Waals surface area contributed by atoms with Crippen molar-refractivity contribution < 1.29 is 22.0 Å². The smallest absolute Gasteiger partial charge is 0.285 e. The normalized spacial score (nSPS) is 15.6. The number of unbranched alkanes of at least 4 members (excludes halogenated alkanes) is 3. The molecule has 0 aromatic rings. The van der Waals surface area contributed by atoms with Crippen molar-refractivity contribution in [2.24, 2.45) is 0 Å². The molecule has 4 nitrogen and oxygen atoms in total. The van der Waals surface area contributed by atoms with Crippen molar-refractivity contribution >= 4 is 24.1 Å². The molecule has 0 bridgehead atoms. The maximum atomic E-state index is 11.6. The summed E-state index contributed by atoms with van der Waals surface area (Å²) >= 11 is 2.36. The van der Waals surface area contributed by atoms with Crippen LogP contribution in [0.1, 0.15) is 32.6 Å². The van der Waals surface area contributed by atoms with Gasteiger partial charge in [-0.3, -0.25) is 4.52 Å². The van der Waals surface area contributed by atoms with Crippen molar-refractivity contribution in [2.45, 2.75) is 32.6 Å². The van der Waals surface area contributed by atoms with E-state index < -0.39 is 7.82 Å². The fraction of sp³-hybridized carbons (Fsp3) is 1.00. The molecule has 0 aliphatic heterocycles.